The summed E-state index contributed by atoms with van der Waals surface area (Å²) >= 11 is 1.63. The SMILES string of the molecule is CC(C)Cn1c(=O)n(C)c(=O)c2c1nc1n2CCS1. The molecule has 0 amide bonds. The van der Waals surface area contributed by atoms with Gasteiger partial charge in [-0.3, -0.25) is 13.9 Å². The molecule has 0 aliphatic carbocycles. The van der Waals surface area contributed by atoms with E-state index in [2.05, 4.69) is 4.98 Å². The number of aromatic nitrogens is 4. The van der Waals surface area contributed by atoms with Crippen LogP contribution in [0.3, 0.4) is 0 Å². The average molecular weight is 280 g/mol. The van der Waals surface area contributed by atoms with E-state index in [4.69, 9.17) is 0 Å². The van der Waals surface area contributed by atoms with E-state index >= 15 is 0 Å². The van der Waals surface area contributed by atoms with E-state index in [1.807, 2.05) is 18.4 Å². The number of hydrogen-bond donors (Lipinski definition) is 0. The van der Waals surface area contributed by atoms with Gasteiger partial charge >= 0.3 is 5.69 Å². The van der Waals surface area contributed by atoms with Crippen LogP contribution < -0.4 is 11.2 Å². The summed E-state index contributed by atoms with van der Waals surface area (Å²) in [5, 5.41) is 0.843. The molecule has 0 radical (unpaired) electrons. The van der Waals surface area contributed by atoms with Gasteiger partial charge in [-0.05, 0) is 5.92 Å². The third kappa shape index (κ3) is 1.75. The Hall–Kier alpha value is -1.50. The van der Waals surface area contributed by atoms with Crippen LogP contribution in [-0.2, 0) is 20.1 Å². The molecule has 2 aromatic heterocycles. The predicted molar refractivity (Wildman–Crippen MR) is 74.8 cm³/mol. The molecule has 19 heavy (non-hydrogen) atoms. The zero-order valence-corrected chi connectivity index (χ0v) is 12.0. The molecule has 6 nitrogen and oxygen atoms in total. The molecule has 0 saturated heterocycles. The van der Waals surface area contributed by atoms with Crippen molar-refractivity contribution >= 4 is 22.9 Å². The zero-order chi connectivity index (χ0) is 13.7. The van der Waals surface area contributed by atoms with Crippen LogP contribution in [0.15, 0.2) is 14.7 Å². The fraction of sp³-hybridized carbons (Fsp3) is 0.583. The van der Waals surface area contributed by atoms with Crippen LogP contribution in [0.4, 0.5) is 0 Å². The van der Waals surface area contributed by atoms with Gasteiger partial charge in [0.05, 0.1) is 0 Å². The maximum absolute atomic E-state index is 12.3. The first-order chi connectivity index (χ1) is 9.00. The molecule has 2 aromatic rings. The number of thioether (sulfide) groups is 1. The monoisotopic (exact) mass is 280 g/mol. The highest BCUT2D eigenvalue weighted by atomic mass is 32.2. The Morgan fingerprint density at radius 1 is 1.37 bits per heavy atom. The standard InChI is InChI=1S/C12H16N4O2S/c1-7(2)6-16-9-8(10(17)14(3)12(16)18)15-4-5-19-11(15)13-9/h7H,4-6H2,1-3H3. The third-order valence-corrected chi connectivity index (χ3v) is 4.25. The van der Waals surface area contributed by atoms with Crippen LogP contribution in [0.25, 0.3) is 11.2 Å². The quantitative estimate of drug-likeness (QED) is 0.810. The Bertz CT molecular complexity index is 769. The molecule has 1 aliphatic rings. The van der Waals surface area contributed by atoms with Crippen LogP contribution in [0.2, 0.25) is 0 Å². The van der Waals surface area contributed by atoms with E-state index in [0.29, 0.717) is 23.6 Å². The fourth-order valence-electron chi connectivity index (χ4n) is 2.41. The van der Waals surface area contributed by atoms with Gasteiger partial charge in [-0.1, -0.05) is 25.6 Å². The topological polar surface area (TPSA) is 61.8 Å². The number of imidazole rings is 1. The summed E-state index contributed by atoms with van der Waals surface area (Å²) in [5.74, 6) is 1.26. The Kier molecular flexibility index (Phi) is 2.81. The molecule has 0 atom stereocenters. The second-order valence-corrected chi connectivity index (χ2v) is 6.28. The van der Waals surface area contributed by atoms with E-state index in [1.54, 1.807) is 16.3 Å². The minimum Gasteiger partial charge on any atom is -0.312 e. The Labute approximate surface area is 114 Å². The number of aryl methyl sites for hydroxylation is 1. The van der Waals surface area contributed by atoms with Gasteiger partial charge in [0, 0.05) is 25.9 Å². The van der Waals surface area contributed by atoms with Gasteiger partial charge < -0.3 is 4.57 Å². The van der Waals surface area contributed by atoms with Crippen molar-refractivity contribution in [1.82, 2.24) is 18.7 Å². The van der Waals surface area contributed by atoms with E-state index in [0.717, 1.165) is 17.5 Å². The van der Waals surface area contributed by atoms with E-state index < -0.39 is 0 Å². The zero-order valence-electron chi connectivity index (χ0n) is 11.2. The van der Waals surface area contributed by atoms with Gasteiger partial charge in [-0.15, -0.1) is 0 Å². The minimum atomic E-state index is -0.284. The maximum Gasteiger partial charge on any atom is 0.332 e. The third-order valence-electron chi connectivity index (χ3n) is 3.29. The molecule has 1 aliphatic heterocycles. The first-order valence-electron chi connectivity index (χ1n) is 6.33. The molecule has 7 heteroatoms. The summed E-state index contributed by atoms with van der Waals surface area (Å²) in [6.07, 6.45) is 0. The Balaban J connectivity index is 2.43. The van der Waals surface area contributed by atoms with Crippen molar-refractivity contribution in [1.29, 1.82) is 0 Å². The smallest absolute Gasteiger partial charge is 0.312 e. The molecule has 0 spiro atoms. The minimum absolute atomic E-state index is 0.249. The van der Waals surface area contributed by atoms with Crippen molar-refractivity contribution < 1.29 is 0 Å². The normalized spacial score (nSPS) is 14.5. The maximum atomic E-state index is 12.3. The Morgan fingerprint density at radius 3 is 2.79 bits per heavy atom. The largest absolute Gasteiger partial charge is 0.332 e. The van der Waals surface area contributed by atoms with Crippen LogP contribution in [-0.4, -0.2) is 24.4 Å². The number of hydrogen-bond acceptors (Lipinski definition) is 4. The molecule has 0 bridgehead atoms. The van der Waals surface area contributed by atoms with Gasteiger partial charge in [0.15, 0.2) is 16.3 Å². The highest BCUT2D eigenvalue weighted by Gasteiger charge is 2.23. The van der Waals surface area contributed by atoms with Gasteiger partial charge in [0.1, 0.15) is 0 Å². The highest BCUT2D eigenvalue weighted by molar-refractivity contribution is 7.99. The summed E-state index contributed by atoms with van der Waals surface area (Å²) in [5.41, 5.74) is 0.556. The molecule has 3 heterocycles. The number of fused-ring (bicyclic) bond motifs is 3. The van der Waals surface area contributed by atoms with E-state index in [-0.39, 0.29) is 11.2 Å². The molecular formula is C12H16N4O2S. The van der Waals surface area contributed by atoms with Crippen molar-refractivity contribution in [3.63, 3.8) is 0 Å². The molecule has 0 N–H and O–H groups in total. The Morgan fingerprint density at radius 2 is 2.11 bits per heavy atom. The molecule has 0 unspecified atom stereocenters. The van der Waals surface area contributed by atoms with E-state index in [9.17, 15) is 9.59 Å². The van der Waals surface area contributed by atoms with E-state index in [1.165, 1.54) is 11.6 Å². The van der Waals surface area contributed by atoms with Gasteiger partial charge in [0.25, 0.3) is 5.56 Å². The summed E-state index contributed by atoms with van der Waals surface area (Å²) in [7, 11) is 1.53. The van der Waals surface area contributed by atoms with Crippen LogP contribution >= 0.6 is 11.8 Å². The lowest BCUT2D eigenvalue weighted by Gasteiger charge is -2.11. The van der Waals surface area contributed by atoms with Gasteiger partial charge in [0.2, 0.25) is 0 Å². The van der Waals surface area contributed by atoms with Crippen molar-refractivity contribution in [2.45, 2.75) is 32.1 Å². The lowest BCUT2D eigenvalue weighted by Crippen LogP contribution is -2.39. The van der Waals surface area contributed by atoms with Crippen molar-refractivity contribution in [3.8, 4) is 0 Å². The first kappa shape index (κ1) is 12.5. The molecule has 0 saturated carbocycles. The van der Waals surface area contributed by atoms with Crippen molar-refractivity contribution in [3.05, 3.63) is 20.8 Å². The van der Waals surface area contributed by atoms with Crippen molar-refractivity contribution in [2.75, 3.05) is 5.75 Å². The predicted octanol–water partition coefficient (Wildman–Crippen LogP) is 0.658. The van der Waals surface area contributed by atoms with Crippen LogP contribution in [0, 0.1) is 5.92 Å². The molecule has 3 rings (SSSR count). The molecule has 0 fully saturated rings. The molecule has 102 valence electrons. The number of nitrogens with zero attached hydrogens (tertiary/aromatic N) is 4. The highest BCUT2D eigenvalue weighted by Crippen LogP contribution is 2.27. The van der Waals surface area contributed by atoms with Crippen LogP contribution in [0.1, 0.15) is 13.8 Å². The molecule has 0 aromatic carbocycles. The van der Waals surface area contributed by atoms with Crippen LogP contribution in [0.5, 0.6) is 0 Å². The van der Waals surface area contributed by atoms with Gasteiger partial charge in [-0.25, -0.2) is 9.78 Å². The molecular weight excluding hydrogens is 264 g/mol. The summed E-state index contributed by atoms with van der Waals surface area (Å²) in [6.45, 7) is 5.44. The lowest BCUT2D eigenvalue weighted by molar-refractivity contribution is 0.499. The average Bonchev–Trinajstić information content (AvgIpc) is 2.91. The summed E-state index contributed by atoms with van der Waals surface area (Å²) < 4.78 is 4.73. The van der Waals surface area contributed by atoms with Crippen molar-refractivity contribution in [2.24, 2.45) is 13.0 Å². The second-order valence-electron chi connectivity index (χ2n) is 5.22. The number of rotatable bonds is 2. The summed E-state index contributed by atoms with van der Waals surface area (Å²) in [4.78, 5) is 29.0. The first-order valence-corrected chi connectivity index (χ1v) is 7.32. The summed E-state index contributed by atoms with van der Waals surface area (Å²) in [6, 6.07) is 0. The fourth-order valence-corrected chi connectivity index (χ4v) is 3.36. The lowest BCUT2D eigenvalue weighted by atomic mass is 10.2. The van der Waals surface area contributed by atoms with Gasteiger partial charge in [-0.2, -0.15) is 0 Å². The second kappa shape index (κ2) is 4.26.